The van der Waals surface area contributed by atoms with Gasteiger partial charge in [-0.1, -0.05) is 11.7 Å². The maximum Gasteiger partial charge on any atom is 0.416 e. The quantitative estimate of drug-likeness (QED) is 0.140. The summed E-state index contributed by atoms with van der Waals surface area (Å²) in [5, 5.41) is 14.3. The molecule has 0 aliphatic carbocycles. The van der Waals surface area contributed by atoms with Crippen molar-refractivity contribution in [3.8, 4) is 0 Å². The standard InChI is InChI=1S/C26H28F9N7.C4H8O2/c1-4-19-13-22(20-12-16(24(27,28)29)5-6-21(20)36-19)41(23-37-39-42(38-23)8-7-40(2)3)14-15-9-17(25(30,31)32)11-18(10-15)26(33,34)35;1-4(2)6-3-5/h5-6,9-12,19,22,36H,4,7-8,13-14H2,1-3H3;3-4H,1-2H3/p+1/t19-,22+;/m1./s1. The number of tetrazole rings is 1. The number of H-pyrrole nitrogens is 1. The van der Waals surface area contributed by atoms with E-state index in [0.717, 1.165) is 12.1 Å². The van der Waals surface area contributed by atoms with E-state index in [2.05, 4.69) is 25.5 Å². The summed E-state index contributed by atoms with van der Waals surface area (Å²) in [6, 6.07) is 3.16. The van der Waals surface area contributed by atoms with Crippen molar-refractivity contribution in [3.05, 3.63) is 64.2 Å². The number of halogens is 9. The van der Waals surface area contributed by atoms with Crippen LogP contribution in [0.2, 0.25) is 0 Å². The number of ether oxygens (including phenoxy) is 1. The van der Waals surface area contributed by atoms with Crippen LogP contribution in [0, 0.1) is 0 Å². The van der Waals surface area contributed by atoms with Crippen molar-refractivity contribution in [2.45, 2.75) is 83.4 Å². The predicted octanol–water partition coefficient (Wildman–Crippen LogP) is 6.62. The predicted molar refractivity (Wildman–Crippen MR) is 157 cm³/mol. The molecule has 266 valence electrons. The molecule has 0 fully saturated rings. The maximum atomic E-state index is 13.7. The van der Waals surface area contributed by atoms with Gasteiger partial charge in [-0.15, -0.1) is 0 Å². The first-order valence-electron chi connectivity index (χ1n) is 14.8. The number of carbonyl (C=O) groups excluding carboxylic acids is 1. The first-order valence-corrected chi connectivity index (χ1v) is 14.8. The van der Waals surface area contributed by atoms with Gasteiger partial charge in [-0.3, -0.25) is 4.79 Å². The van der Waals surface area contributed by atoms with E-state index in [1.54, 1.807) is 13.8 Å². The molecule has 0 saturated carbocycles. The second kappa shape index (κ2) is 15.4. The fraction of sp³-hybridized carbons (Fsp3) is 0.533. The molecule has 2 N–H and O–H groups in total. The summed E-state index contributed by atoms with van der Waals surface area (Å²) in [6.07, 6.45) is -14.1. The van der Waals surface area contributed by atoms with Crippen molar-refractivity contribution >= 4 is 18.1 Å². The zero-order valence-electron chi connectivity index (χ0n) is 26.8. The van der Waals surface area contributed by atoms with E-state index in [4.69, 9.17) is 0 Å². The third-order valence-electron chi connectivity index (χ3n) is 7.29. The van der Waals surface area contributed by atoms with Crippen LogP contribution in [0.4, 0.5) is 51.1 Å². The van der Waals surface area contributed by atoms with Crippen LogP contribution in [0.5, 0.6) is 0 Å². The lowest BCUT2D eigenvalue weighted by atomic mass is 9.89. The number of benzene rings is 2. The summed E-state index contributed by atoms with van der Waals surface area (Å²) in [5.41, 5.74) is -3.77. The van der Waals surface area contributed by atoms with E-state index in [-0.39, 0.29) is 41.7 Å². The molecule has 0 bridgehead atoms. The van der Waals surface area contributed by atoms with Gasteiger partial charge in [0.05, 0.1) is 33.9 Å². The molecule has 1 aromatic heterocycles. The summed E-state index contributed by atoms with van der Waals surface area (Å²) in [4.78, 5) is 13.9. The monoisotopic (exact) mass is 698 g/mol. The number of aromatic nitrogens is 4. The number of nitrogens with zero attached hydrogens (tertiary/aromatic N) is 5. The van der Waals surface area contributed by atoms with Gasteiger partial charge in [-0.2, -0.15) is 39.5 Å². The molecule has 1 aliphatic rings. The maximum absolute atomic E-state index is 13.7. The topological polar surface area (TPSA) is 90.3 Å². The van der Waals surface area contributed by atoms with Crippen molar-refractivity contribution in [2.75, 3.05) is 30.9 Å². The van der Waals surface area contributed by atoms with Crippen molar-refractivity contribution in [1.29, 1.82) is 0 Å². The highest BCUT2D eigenvalue weighted by molar-refractivity contribution is 5.59. The van der Waals surface area contributed by atoms with Gasteiger partial charge in [0, 0.05) is 29.9 Å². The molecule has 0 unspecified atom stereocenters. The number of hydrogen-bond donors (Lipinski definition) is 2. The molecular formula is C30H37F9N7O2+. The number of anilines is 2. The van der Waals surface area contributed by atoms with Gasteiger partial charge in [0.2, 0.25) is 0 Å². The number of rotatable bonds is 10. The normalized spacial score (nSPS) is 16.6. The second-order valence-electron chi connectivity index (χ2n) is 11.7. The molecule has 18 heteroatoms. The summed E-state index contributed by atoms with van der Waals surface area (Å²) >= 11 is 0. The number of aromatic amines is 1. The molecule has 0 saturated heterocycles. The SMILES string of the molecule is CC(C)OC=O.CC[C@@H]1C[C@H](N(Cc2cc(C(F)(F)F)cc(C(F)(F)F)c2)c2n[nH][n+](CCN(C)C)n2)c2cc(C(F)(F)F)ccc2N1. The molecule has 0 spiro atoms. The fourth-order valence-electron chi connectivity index (χ4n) is 4.90. The largest absolute Gasteiger partial charge is 0.465 e. The van der Waals surface area contributed by atoms with E-state index in [1.807, 2.05) is 25.9 Å². The van der Waals surface area contributed by atoms with Crippen LogP contribution in [0.15, 0.2) is 36.4 Å². The number of hydrogen-bond acceptors (Lipinski definition) is 7. The molecule has 0 radical (unpaired) electrons. The zero-order valence-corrected chi connectivity index (χ0v) is 26.8. The molecule has 3 aromatic rings. The van der Waals surface area contributed by atoms with Crippen LogP contribution < -0.4 is 15.0 Å². The third kappa shape index (κ3) is 10.5. The molecule has 9 nitrogen and oxygen atoms in total. The van der Waals surface area contributed by atoms with Crippen molar-refractivity contribution in [2.24, 2.45) is 0 Å². The highest BCUT2D eigenvalue weighted by Gasteiger charge is 2.40. The van der Waals surface area contributed by atoms with Gasteiger partial charge >= 0.3 is 24.5 Å². The third-order valence-corrected chi connectivity index (χ3v) is 7.29. The van der Waals surface area contributed by atoms with Crippen LogP contribution in [0.1, 0.15) is 67.5 Å². The van der Waals surface area contributed by atoms with Gasteiger partial charge in [-0.05, 0) is 93.5 Å². The molecule has 4 rings (SSSR count). The van der Waals surface area contributed by atoms with E-state index in [1.165, 1.54) is 15.8 Å². The van der Waals surface area contributed by atoms with Gasteiger partial charge in [0.15, 0.2) is 0 Å². The molecular weight excluding hydrogens is 661 g/mol. The van der Waals surface area contributed by atoms with Gasteiger partial charge in [0.1, 0.15) is 6.54 Å². The minimum atomic E-state index is -5.07. The minimum absolute atomic E-state index is 0.0262. The summed E-state index contributed by atoms with van der Waals surface area (Å²) in [5.74, 6) is -0.0927. The number of alkyl halides is 9. The lowest BCUT2D eigenvalue weighted by Gasteiger charge is -2.38. The molecule has 1 aliphatic heterocycles. The van der Waals surface area contributed by atoms with E-state index < -0.39 is 47.8 Å². The van der Waals surface area contributed by atoms with Crippen molar-refractivity contribution in [3.63, 3.8) is 0 Å². The lowest BCUT2D eigenvalue weighted by Crippen LogP contribution is -2.44. The Kier molecular flexibility index (Phi) is 12.3. The van der Waals surface area contributed by atoms with Crippen LogP contribution in [-0.2, 0) is 41.1 Å². The van der Waals surface area contributed by atoms with Gasteiger partial charge < -0.3 is 19.9 Å². The molecule has 2 aromatic carbocycles. The Labute approximate surface area is 271 Å². The first-order chi connectivity index (χ1) is 22.2. The Balaban J connectivity index is 0.000000952. The summed E-state index contributed by atoms with van der Waals surface area (Å²) in [6.45, 7) is 6.18. The van der Waals surface area contributed by atoms with E-state index >= 15 is 0 Å². The van der Waals surface area contributed by atoms with Crippen LogP contribution >= 0.6 is 0 Å². The zero-order chi connectivity index (χ0) is 36.0. The average Bonchev–Trinajstić information content (AvgIpc) is 3.45. The Morgan fingerprint density at radius 1 is 0.958 bits per heavy atom. The summed E-state index contributed by atoms with van der Waals surface area (Å²) in [7, 11) is 3.62. The second-order valence-corrected chi connectivity index (χ2v) is 11.7. The van der Waals surface area contributed by atoms with Crippen molar-refractivity contribution < 1.29 is 53.8 Å². The Bertz CT molecular complexity index is 1470. The highest BCUT2D eigenvalue weighted by atomic mass is 19.4. The van der Waals surface area contributed by atoms with Gasteiger partial charge in [-0.25, -0.2) is 0 Å². The smallest absolute Gasteiger partial charge is 0.416 e. The fourth-order valence-corrected chi connectivity index (χ4v) is 4.90. The number of nitrogens with one attached hydrogen (secondary N) is 2. The molecule has 48 heavy (non-hydrogen) atoms. The molecule has 2 atom stereocenters. The van der Waals surface area contributed by atoms with Crippen molar-refractivity contribution in [1.82, 2.24) is 20.3 Å². The average molecular weight is 699 g/mol. The Hall–Kier alpha value is -4.09. The number of carbonyl (C=O) groups is 1. The lowest BCUT2D eigenvalue weighted by molar-refractivity contribution is -0.804. The molecule has 2 heterocycles. The first kappa shape index (κ1) is 38.4. The van der Waals surface area contributed by atoms with Crippen LogP contribution in [0.25, 0.3) is 0 Å². The molecule has 0 amide bonds. The van der Waals surface area contributed by atoms with Crippen LogP contribution in [0.3, 0.4) is 0 Å². The Morgan fingerprint density at radius 3 is 2.04 bits per heavy atom. The van der Waals surface area contributed by atoms with Gasteiger partial charge in [0.25, 0.3) is 6.47 Å². The van der Waals surface area contributed by atoms with Crippen LogP contribution in [-0.4, -0.2) is 59.6 Å². The Morgan fingerprint density at radius 2 is 1.56 bits per heavy atom. The number of likely N-dealkylation sites (N-methyl/N-ethyl adjacent to an activating group) is 1. The number of fused-ring (bicyclic) bond motifs is 1. The highest BCUT2D eigenvalue weighted by Crippen LogP contribution is 2.43. The van der Waals surface area contributed by atoms with E-state index in [0.29, 0.717) is 43.8 Å². The summed E-state index contributed by atoms with van der Waals surface area (Å²) < 4.78 is 127. The van der Waals surface area contributed by atoms with E-state index in [9.17, 15) is 44.3 Å². The minimum Gasteiger partial charge on any atom is -0.465 e.